The van der Waals surface area contributed by atoms with E-state index in [1.807, 2.05) is 6.07 Å². The van der Waals surface area contributed by atoms with Gasteiger partial charge in [0.15, 0.2) is 0 Å². The van der Waals surface area contributed by atoms with Crippen LogP contribution in [-0.4, -0.2) is 30.1 Å². The van der Waals surface area contributed by atoms with Crippen molar-refractivity contribution in [3.63, 3.8) is 0 Å². The van der Waals surface area contributed by atoms with E-state index in [1.165, 1.54) is 37.1 Å². The number of carbonyl (C=O) groups is 2. The largest absolute Gasteiger partial charge is 0.478 e. The van der Waals surface area contributed by atoms with Gasteiger partial charge in [-0.15, -0.1) is 0 Å². The van der Waals surface area contributed by atoms with Gasteiger partial charge in [-0.1, -0.05) is 49.8 Å². The molecule has 0 aromatic heterocycles. The summed E-state index contributed by atoms with van der Waals surface area (Å²) in [6.07, 6.45) is 9.09. The lowest BCUT2D eigenvalue weighted by Crippen LogP contribution is -2.31. The number of rotatable bonds is 9. The van der Waals surface area contributed by atoms with E-state index in [-0.39, 0.29) is 17.9 Å². The van der Waals surface area contributed by atoms with Crippen molar-refractivity contribution in [1.29, 1.82) is 0 Å². The van der Waals surface area contributed by atoms with Crippen LogP contribution in [0.15, 0.2) is 54.6 Å². The number of amides is 1. The highest BCUT2D eigenvalue weighted by Crippen LogP contribution is 2.29. The smallest absolute Gasteiger partial charge is 0.335 e. The first-order valence-electron chi connectivity index (χ1n) is 11.2. The molecule has 5 nitrogen and oxygen atoms in total. The summed E-state index contributed by atoms with van der Waals surface area (Å²) in [5, 5.41) is 12.2. The molecule has 0 bridgehead atoms. The van der Waals surface area contributed by atoms with Crippen LogP contribution < -0.4 is 10.2 Å². The molecule has 2 aromatic rings. The molecular formula is C26H32N2O3. The van der Waals surface area contributed by atoms with E-state index in [0.29, 0.717) is 0 Å². The maximum Gasteiger partial charge on any atom is 0.335 e. The van der Waals surface area contributed by atoms with Crippen LogP contribution in [-0.2, 0) is 11.2 Å². The summed E-state index contributed by atoms with van der Waals surface area (Å²) in [7, 11) is 0. The zero-order valence-corrected chi connectivity index (χ0v) is 18.3. The summed E-state index contributed by atoms with van der Waals surface area (Å²) in [5.74, 6) is -1.06. The first kappa shape index (κ1) is 22.6. The van der Waals surface area contributed by atoms with Crippen molar-refractivity contribution in [3.8, 4) is 0 Å². The Morgan fingerprint density at radius 1 is 1.03 bits per heavy atom. The summed E-state index contributed by atoms with van der Waals surface area (Å²) >= 11 is 0. The Hall–Kier alpha value is -3.08. The van der Waals surface area contributed by atoms with Crippen molar-refractivity contribution in [2.45, 2.75) is 51.9 Å². The SMILES string of the molecule is CCCCC=C(NC(=O)Cc1ccc(C(=O)O)cc1)c1ccccc1N1CCCCC1. The molecule has 2 N–H and O–H groups in total. The molecule has 1 aliphatic rings. The number of allylic oxidation sites excluding steroid dienone is 1. The number of unbranched alkanes of at least 4 members (excludes halogenated alkanes) is 2. The molecule has 31 heavy (non-hydrogen) atoms. The van der Waals surface area contributed by atoms with Crippen LogP contribution in [0.25, 0.3) is 5.70 Å². The van der Waals surface area contributed by atoms with Crippen LogP contribution >= 0.6 is 0 Å². The van der Waals surface area contributed by atoms with Gasteiger partial charge in [0, 0.05) is 30.0 Å². The maximum atomic E-state index is 12.9. The molecule has 164 valence electrons. The molecule has 1 amide bonds. The first-order chi connectivity index (χ1) is 15.1. The van der Waals surface area contributed by atoms with Crippen molar-refractivity contribution in [1.82, 2.24) is 5.32 Å². The average molecular weight is 421 g/mol. The predicted octanol–water partition coefficient (Wildman–Crippen LogP) is 5.27. The van der Waals surface area contributed by atoms with Crippen molar-refractivity contribution >= 4 is 23.3 Å². The minimum atomic E-state index is -0.966. The molecule has 0 radical (unpaired) electrons. The Morgan fingerprint density at radius 2 is 1.74 bits per heavy atom. The number of benzene rings is 2. The third-order valence-electron chi connectivity index (χ3n) is 5.64. The van der Waals surface area contributed by atoms with E-state index >= 15 is 0 Å². The van der Waals surface area contributed by atoms with Crippen molar-refractivity contribution in [2.24, 2.45) is 0 Å². The fourth-order valence-corrected chi connectivity index (χ4v) is 3.94. The van der Waals surface area contributed by atoms with Gasteiger partial charge in [-0.2, -0.15) is 0 Å². The standard InChI is InChI=1S/C26H32N2O3/c1-2-3-5-11-23(22-10-6-7-12-24(22)28-17-8-4-9-18-28)27-25(29)19-20-13-15-21(16-14-20)26(30)31/h6-7,10-16H,2-5,8-9,17-19H2,1H3,(H,27,29)(H,30,31). The number of anilines is 1. The van der Waals surface area contributed by atoms with Gasteiger partial charge >= 0.3 is 5.97 Å². The molecule has 0 atom stereocenters. The fraction of sp³-hybridized carbons (Fsp3) is 0.385. The topological polar surface area (TPSA) is 69.6 Å². The molecule has 1 fully saturated rings. The van der Waals surface area contributed by atoms with Crippen LogP contribution in [0.3, 0.4) is 0 Å². The number of carboxylic acid groups (broad SMARTS) is 1. The Bertz CT molecular complexity index is 913. The number of nitrogens with one attached hydrogen (secondary N) is 1. The van der Waals surface area contributed by atoms with E-state index < -0.39 is 5.97 Å². The molecular weight excluding hydrogens is 388 g/mol. The predicted molar refractivity (Wildman–Crippen MR) is 125 cm³/mol. The monoisotopic (exact) mass is 420 g/mol. The van der Waals surface area contributed by atoms with Crippen molar-refractivity contribution < 1.29 is 14.7 Å². The minimum Gasteiger partial charge on any atom is -0.478 e. The number of aromatic carboxylic acids is 1. The number of hydrogen-bond donors (Lipinski definition) is 2. The molecule has 3 rings (SSSR count). The molecule has 0 spiro atoms. The molecule has 5 heteroatoms. The van der Waals surface area contributed by atoms with Crippen LogP contribution in [0.2, 0.25) is 0 Å². The van der Waals surface area contributed by atoms with Crippen LogP contribution in [0.4, 0.5) is 5.69 Å². The number of nitrogens with zero attached hydrogens (tertiary/aromatic N) is 1. The minimum absolute atomic E-state index is 0.0979. The Kier molecular flexibility index (Phi) is 8.27. The maximum absolute atomic E-state index is 12.9. The normalized spacial score (nSPS) is 14.4. The van der Waals surface area contributed by atoms with Crippen LogP contribution in [0.1, 0.15) is 66.9 Å². The molecule has 0 aliphatic carbocycles. The summed E-state index contributed by atoms with van der Waals surface area (Å²) < 4.78 is 0. The summed E-state index contributed by atoms with van der Waals surface area (Å²) in [4.78, 5) is 26.3. The van der Waals surface area contributed by atoms with E-state index in [0.717, 1.165) is 49.2 Å². The number of carbonyl (C=O) groups excluding carboxylic acids is 1. The van der Waals surface area contributed by atoms with E-state index in [1.54, 1.807) is 12.1 Å². The first-order valence-corrected chi connectivity index (χ1v) is 11.2. The van der Waals surface area contributed by atoms with Gasteiger partial charge < -0.3 is 15.3 Å². The van der Waals surface area contributed by atoms with Gasteiger partial charge in [0.05, 0.1) is 12.0 Å². The highest BCUT2D eigenvalue weighted by molar-refractivity contribution is 5.91. The third kappa shape index (κ3) is 6.45. The van der Waals surface area contributed by atoms with Crippen molar-refractivity contribution in [2.75, 3.05) is 18.0 Å². The zero-order chi connectivity index (χ0) is 22.1. The molecule has 1 heterocycles. The van der Waals surface area contributed by atoms with Gasteiger partial charge in [-0.25, -0.2) is 4.79 Å². The molecule has 0 saturated carbocycles. The van der Waals surface area contributed by atoms with Gasteiger partial charge in [-0.05, 0) is 55.9 Å². The Morgan fingerprint density at radius 3 is 2.42 bits per heavy atom. The van der Waals surface area contributed by atoms with Crippen LogP contribution in [0.5, 0.6) is 0 Å². The highest BCUT2D eigenvalue weighted by atomic mass is 16.4. The zero-order valence-electron chi connectivity index (χ0n) is 18.3. The lowest BCUT2D eigenvalue weighted by atomic mass is 10.0. The van der Waals surface area contributed by atoms with Gasteiger partial charge in [-0.3, -0.25) is 4.79 Å². The Labute approximate surface area is 184 Å². The van der Waals surface area contributed by atoms with E-state index in [4.69, 9.17) is 5.11 Å². The second kappa shape index (κ2) is 11.3. The van der Waals surface area contributed by atoms with E-state index in [2.05, 4.69) is 41.4 Å². The highest BCUT2D eigenvalue weighted by Gasteiger charge is 2.17. The average Bonchev–Trinajstić information content (AvgIpc) is 2.79. The molecule has 1 aliphatic heterocycles. The number of piperidine rings is 1. The van der Waals surface area contributed by atoms with Crippen molar-refractivity contribution in [3.05, 3.63) is 71.3 Å². The summed E-state index contributed by atoms with van der Waals surface area (Å²) in [6.45, 7) is 4.25. The molecule has 0 unspecified atom stereocenters. The van der Waals surface area contributed by atoms with E-state index in [9.17, 15) is 9.59 Å². The quantitative estimate of drug-likeness (QED) is 0.543. The second-order valence-corrected chi connectivity index (χ2v) is 8.05. The Balaban J connectivity index is 1.79. The van der Waals surface area contributed by atoms with Crippen LogP contribution in [0, 0.1) is 0 Å². The number of para-hydroxylation sites is 1. The summed E-state index contributed by atoms with van der Waals surface area (Å²) in [5.41, 5.74) is 4.12. The van der Waals surface area contributed by atoms with Gasteiger partial charge in [0.2, 0.25) is 5.91 Å². The lowest BCUT2D eigenvalue weighted by Gasteiger charge is -2.31. The second-order valence-electron chi connectivity index (χ2n) is 8.05. The number of hydrogen-bond acceptors (Lipinski definition) is 3. The molecule has 2 aromatic carbocycles. The molecule has 1 saturated heterocycles. The fourth-order valence-electron chi connectivity index (χ4n) is 3.94. The van der Waals surface area contributed by atoms with Gasteiger partial charge in [0.25, 0.3) is 0 Å². The van der Waals surface area contributed by atoms with Gasteiger partial charge in [0.1, 0.15) is 0 Å². The summed E-state index contributed by atoms with van der Waals surface area (Å²) in [6, 6.07) is 14.8. The third-order valence-corrected chi connectivity index (χ3v) is 5.64. The lowest BCUT2D eigenvalue weighted by molar-refractivity contribution is -0.119. The number of carboxylic acids is 1.